The number of hydrogen-bond acceptors (Lipinski definition) is 6. The van der Waals surface area contributed by atoms with E-state index in [-0.39, 0.29) is 12.6 Å². The molecule has 1 aromatic heterocycles. The first kappa shape index (κ1) is 13.6. The molecule has 0 bridgehead atoms. The van der Waals surface area contributed by atoms with Crippen LogP contribution in [0.25, 0.3) is 0 Å². The number of esters is 1. The highest BCUT2D eigenvalue weighted by Gasteiger charge is 2.20. The van der Waals surface area contributed by atoms with E-state index in [4.69, 9.17) is 14.2 Å². The van der Waals surface area contributed by atoms with Gasteiger partial charge in [-0.2, -0.15) is 0 Å². The average molecular weight is 266 g/mol. The van der Waals surface area contributed by atoms with Gasteiger partial charge in [0.2, 0.25) is 0 Å². The molecule has 1 atom stereocenters. The van der Waals surface area contributed by atoms with Crippen molar-refractivity contribution in [2.75, 3.05) is 32.2 Å². The SMILES string of the molecule is CC[C@H]1COc2cc(C(=O)OCCOC)cnc2N1. The number of aromatic nitrogens is 1. The number of nitrogens with zero attached hydrogens (tertiary/aromatic N) is 1. The lowest BCUT2D eigenvalue weighted by atomic mass is 10.2. The summed E-state index contributed by atoms with van der Waals surface area (Å²) in [7, 11) is 1.55. The number of rotatable bonds is 5. The van der Waals surface area contributed by atoms with Gasteiger partial charge >= 0.3 is 5.97 Å². The van der Waals surface area contributed by atoms with Gasteiger partial charge in [-0.05, 0) is 6.42 Å². The van der Waals surface area contributed by atoms with Crippen molar-refractivity contribution >= 4 is 11.8 Å². The van der Waals surface area contributed by atoms with E-state index in [9.17, 15) is 4.79 Å². The van der Waals surface area contributed by atoms with Crippen molar-refractivity contribution in [2.24, 2.45) is 0 Å². The molecule has 104 valence electrons. The van der Waals surface area contributed by atoms with Gasteiger partial charge in [0.1, 0.15) is 13.2 Å². The first-order valence-corrected chi connectivity index (χ1v) is 6.30. The van der Waals surface area contributed by atoms with E-state index in [0.29, 0.717) is 30.3 Å². The molecule has 2 rings (SSSR count). The molecule has 0 spiro atoms. The maximum Gasteiger partial charge on any atom is 0.339 e. The number of fused-ring (bicyclic) bond motifs is 1. The summed E-state index contributed by atoms with van der Waals surface area (Å²) in [4.78, 5) is 15.9. The molecule has 1 aromatic rings. The van der Waals surface area contributed by atoms with Crippen LogP contribution >= 0.6 is 0 Å². The normalized spacial score (nSPS) is 17.1. The van der Waals surface area contributed by atoms with E-state index in [1.807, 2.05) is 0 Å². The van der Waals surface area contributed by atoms with Gasteiger partial charge < -0.3 is 19.5 Å². The zero-order valence-corrected chi connectivity index (χ0v) is 11.1. The van der Waals surface area contributed by atoms with Crippen LogP contribution in [0.4, 0.5) is 5.82 Å². The van der Waals surface area contributed by atoms with Gasteiger partial charge in [0.05, 0.1) is 18.2 Å². The van der Waals surface area contributed by atoms with Crippen LogP contribution in [0.1, 0.15) is 23.7 Å². The van der Waals surface area contributed by atoms with Gasteiger partial charge in [0.25, 0.3) is 0 Å². The second-order valence-electron chi connectivity index (χ2n) is 4.26. The van der Waals surface area contributed by atoms with Crippen molar-refractivity contribution in [3.8, 4) is 5.75 Å². The van der Waals surface area contributed by atoms with Gasteiger partial charge in [-0.15, -0.1) is 0 Å². The third-order valence-electron chi connectivity index (χ3n) is 2.88. The lowest BCUT2D eigenvalue weighted by Crippen LogP contribution is -2.31. The molecular weight excluding hydrogens is 248 g/mol. The fraction of sp³-hybridized carbons (Fsp3) is 0.538. The van der Waals surface area contributed by atoms with E-state index in [2.05, 4.69) is 17.2 Å². The van der Waals surface area contributed by atoms with Gasteiger partial charge in [-0.3, -0.25) is 0 Å². The molecule has 0 unspecified atom stereocenters. The Bertz CT molecular complexity index is 450. The van der Waals surface area contributed by atoms with Crippen LogP contribution in [0, 0.1) is 0 Å². The Kier molecular flexibility index (Phi) is 4.57. The molecule has 1 aliphatic heterocycles. The summed E-state index contributed by atoms with van der Waals surface area (Å²) in [6, 6.07) is 1.91. The molecular formula is C13H18N2O4. The monoisotopic (exact) mass is 266 g/mol. The second kappa shape index (κ2) is 6.38. The van der Waals surface area contributed by atoms with Gasteiger partial charge in [-0.1, -0.05) is 6.92 Å². The van der Waals surface area contributed by atoms with Crippen LogP contribution in [-0.4, -0.2) is 43.9 Å². The zero-order chi connectivity index (χ0) is 13.7. The number of hydrogen-bond donors (Lipinski definition) is 1. The molecule has 0 amide bonds. The molecule has 6 heteroatoms. The summed E-state index contributed by atoms with van der Waals surface area (Å²) in [6.07, 6.45) is 2.45. The van der Waals surface area contributed by atoms with Crippen LogP contribution in [0.15, 0.2) is 12.3 Å². The summed E-state index contributed by atoms with van der Waals surface area (Å²) in [5.74, 6) is 0.839. The standard InChI is InChI=1S/C13H18N2O4/c1-3-10-8-19-11-6-9(7-14-12(11)15-10)13(16)18-5-4-17-2/h6-7,10H,3-5,8H2,1-2H3,(H,14,15)/t10-/m0/s1. The fourth-order valence-electron chi connectivity index (χ4n) is 1.72. The Balaban J connectivity index is 2.03. The molecule has 1 aliphatic rings. The Labute approximate surface area is 112 Å². The van der Waals surface area contributed by atoms with Crippen LogP contribution < -0.4 is 10.1 Å². The summed E-state index contributed by atoms with van der Waals surface area (Å²) in [6.45, 7) is 3.25. The average Bonchev–Trinajstić information content (AvgIpc) is 2.46. The Hall–Kier alpha value is -1.82. The maximum atomic E-state index is 11.7. The largest absolute Gasteiger partial charge is 0.488 e. The number of methoxy groups -OCH3 is 1. The van der Waals surface area contributed by atoms with Crippen molar-refractivity contribution in [2.45, 2.75) is 19.4 Å². The number of pyridine rings is 1. The van der Waals surface area contributed by atoms with Crippen LogP contribution in [-0.2, 0) is 9.47 Å². The van der Waals surface area contributed by atoms with Crippen molar-refractivity contribution in [3.63, 3.8) is 0 Å². The molecule has 0 aliphatic carbocycles. The van der Waals surface area contributed by atoms with E-state index >= 15 is 0 Å². The minimum absolute atomic E-state index is 0.226. The molecule has 19 heavy (non-hydrogen) atoms. The maximum absolute atomic E-state index is 11.7. The highest BCUT2D eigenvalue weighted by molar-refractivity contribution is 5.90. The van der Waals surface area contributed by atoms with Crippen molar-refractivity contribution in [3.05, 3.63) is 17.8 Å². The summed E-state index contributed by atoms with van der Waals surface area (Å²) in [5.41, 5.74) is 0.381. The van der Waals surface area contributed by atoms with Gasteiger partial charge in [-0.25, -0.2) is 9.78 Å². The summed E-state index contributed by atoms with van der Waals surface area (Å²) < 4.78 is 15.4. The Morgan fingerprint density at radius 1 is 1.58 bits per heavy atom. The van der Waals surface area contributed by atoms with E-state index < -0.39 is 5.97 Å². The Morgan fingerprint density at radius 3 is 3.16 bits per heavy atom. The minimum Gasteiger partial charge on any atom is -0.488 e. The first-order valence-electron chi connectivity index (χ1n) is 6.30. The van der Waals surface area contributed by atoms with Crippen molar-refractivity contribution < 1.29 is 19.0 Å². The van der Waals surface area contributed by atoms with Crippen LogP contribution in [0.3, 0.4) is 0 Å². The number of anilines is 1. The topological polar surface area (TPSA) is 69.7 Å². The van der Waals surface area contributed by atoms with Crippen molar-refractivity contribution in [1.82, 2.24) is 4.98 Å². The predicted octanol–water partition coefficient (Wildman–Crippen LogP) is 1.47. The van der Waals surface area contributed by atoms with E-state index in [1.165, 1.54) is 6.20 Å². The fourth-order valence-corrected chi connectivity index (χ4v) is 1.72. The number of ether oxygens (including phenoxy) is 3. The van der Waals surface area contributed by atoms with Crippen LogP contribution in [0.2, 0.25) is 0 Å². The lowest BCUT2D eigenvalue weighted by Gasteiger charge is -2.25. The summed E-state index contributed by atoms with van der Waals surface area (Å²) >= 11 is 0. The van der Waals surface area contributed by atoms with Crippen LogP contribution in [0.5, 0.6) is 5.75 Å². The quantitative estimate of drug-likeness (QED) is 0.643. The Morgan fingerprint density at radius 2 is 2.42 bits per heavy atom. The molecule has 2 heterocycles. The highest BCUT2D eigenvalue weighted by Crippen LogP contribution is 2.28. The smallest absolute Gasteiger partial charge is 0.339 e. The second-order valence-corrected chi connectivity index (χ2v) is 4.26. The number of nitrogens with one attached hydrogen (secondary N) is 1. The van der Waals surface area contributed by atoms with E-state index in [0.717, 1.165) is 6.42 Å². The molecule has 0 saturated heterocycles. The summed E-state index contributed by atoms with van der Waals surface area (Å²) in [5, 5.41) is 3.26. The predicted molar refractivity (Wildman–Crippen MR) is 69.6 cm³/mol. The molecule has 6 nitrogen and oxygen atoms in total. The molecule has 0 fully saturated rings. The highest BCUT2D eigenvalue weighted by atomic mass is 16.6. The lowest BCUT2D eigenvalue weighted by molar-refractivity contribution is 0.0387. The van der Waals surface area contributed by atoms with Crippen molar-refractivity contribution in [1.29, 1.82) is 0 Å². The minimum atomic E-state index is -0.423. The number of carbonyl (C=O) groups is 1. The molecule has 0 aromatic carbocycles. The molecule has 0 saturated carbocycles. The van der Waals surface area contributed by atoms with Gasteiger partial charge in [0, 0.05) is 19.4 Å². The van der Waals surface area contributed by atoms with Gasteiger partial charge in [0.15, 0.2) is 11.6 Å². The third-order valence-corrected chi connectivity index (χ3v) is 2.88. The third kappa shape index (κ3) is 3.35. The molecule has 0 radical (unpaired) electrons. The van der Waals surface area contributed by atoms with E-state index in [1.54, 1.807) is 13.2 Å². The molecule has 1 N–H and O–H groups in total. The first-order chi connectivity index (χ1) is 9.24. The number of carbonyl (C=O) groups excluding carboxylic acids is 1. The zero-order valence-electron chi connectivity index (χ0n) is 11.1.